The van der Waals surface area contributed by atoms with E-state index in [0.29, 0.717) is 36.0 Å². The molecule has 0 radical (unpaired) electrons. The number of phenols is 1. The van der Waals surface area contributed by atoms with E-state index in [2.05, 4.69) is 0 Å². The Labute approximate surface area is 158 Å². The first-order valence-electron chi connectivity index (χ1n) is 8.78. The number of sulfone groups is 1. The highest BCUT2D eigenvalue weighted by atomic mass is 32.2. The van der Waals surface area contributed by atoms with Crippen molar-refractivity contribution in [2.75, 3.05) is 0 Å². The van der Waals surface area contributed by atoms with Crippen molar-refractivity contribution in [1.29, 1.82) is 0 Å². The molecule has 1 aliphatic heterocycles. The van der Waals surface area contributed by atoms with Crippen LogP contribution in [-0.4, -0.2) is 31.4 Å². The quantitative estimate of drug-likeness (QED) is 0.698. The van der Waals surface area contributed by atoms with E-state index in [1.807, 2.05) is 6.92 Å². The van der Waals surface area contributed by atoms with E-state index in [4.69, 9.17) is 4.65 Å². The molecule has 2 aromatic rings. The second-order valence-corrected chi connectivity index (χ2v) is 8.67. The summed E-state index contributed by atoms with van der Waals surface area (Å²) in [6, 6.07) is 9.05. The number of phenolic OH excluding ortho intramolecular Hbond substituents is 1. The van der Waals surface area contributed by atoms with E-state index in [9.17, 15) is 23.3 Å². The molecule has 0 spiro atoms. The van der Waals surface area contributed by atoms with E-state index < -0.39 is 17.0 Å². The number of fused-ring (bicyclic) bond motifs is 1. The van der Waals surface area contributed by atoms with Crippen molar-refractivity contribution in [2.24, 2.45) is 0 Å². The molecule has 3 rings (SSSR count). The Morgan fingerprint density at radius 3 is 2.74 bits per heavy atom. The molecule has 0 saturated heterocycles. The molecule has 2 N–H and O–H groups in total. The second kappa shape index (κ2) is 7.84. The van der Waals surface area contributed by atoms with Gasteiger partial charge in [-0.15, -0.1) is 0 Å². The number of ketones is 1. The van der Waals surface area contributed by atoms with Gasteiger partial charge in [0.1, 0.15) is 11.5 Å². The van der Waals surface area contributed by atoms with Gasteiger partial charge in [-0.2, -0.15) is 0 Å². The van der Waals surface area contributed by atoms with Crippen LogP contribution in [0.15, 0.2) is 41.3 Å². The monoisotopic (exact) mass is 388 g/mol. The molecule has 0 atom stereocenters. The molecule has 0 aliphatic carbocycles. The standard InChI is InChI=1S/C19H21BO6S/c1-2-3-16(21)9-15-10-17(22)6-7-19(15)27(24,25)12-13-4-5-14-11-26-20(23)18(14)8-13/h4-8,10,22-23H,2-3,9,11-12H2,1H3. The average Bonchev–Trinajstić information content (AvgIpc) is 2.95. The van der Waals surface area contributed by atoms with Crippen LogP contribution in [0.4, 0.5) is 0 Å². The van der Waals surface area contributed by atoms with Crippen molar-refractivity contribution in [3.63, 3.8) is 0 Å². The topological polar surface area (TPSA) is 101 Å². The first-order chi connectivity index (χ1) is 12.8. The molecule has 2 aromatic carbocycles. The van der Waals surface area contributed by atoms with Crippen molar-refractivity contribution in [2.45, 2.75) is 43.4 Å². The third kappa shape index (κ3) is 4.40. The van der Waals surface area contributed by atoms with Crippen LogP contribution < -0.4 is 5.46 Å². The lowest BCUT2D eigenvalue weighted by Gasteiger charge is -2.12. The summed E-state index contributed by atoms with van der Waals surface area (Å²) in [5, 5.41) is 19.5. The van der Waals surface area contributed by atoms with Crippen LogP contribution in [0.3, 0.4) is 0 Å². The Hall–Kier alpha value is -2.16. The summed E-state index contributed by atoms with van der Waals surface area (Å²) in [6.07, 6.45) is 1.00. The predicted molar refractivity (Wildman–Crippen MR) is 101 cm³/mol. The zero-order chi connectivity index (χ0) is 19.6. The lowest BCUT2D eigenvalue weighted by atomic mass is 9.79. The van der Waals surface area contributed by atoms with Crippen molar-refractivity contribution < 1.29 is 28.0 Å². The van der Waals surface area contributed by atoms with E-state index in [0.717, 1.165) is 5.56 Å². The Kier molecular flexibility index (Phi) is 5.69. The van der Waals surface area contributed by atoms with Gasteiger partial charge in [0.15, 0.2) is 9.84 Å². The molecule has 0 bridgehead atoms. The van der Waals surface area contributed by atoms with Gasteiger partial charge in [-0.05, 0) is 46.8 Å². The number of benzene rings is 2. The SMILES string of the molecule is CCCC(=O)Cc1cc(O)ccc1S(=O)(=O)Cc1ccc2c(c1)B(O)OC2. The molecule has 1 aliphatic rings. The molecular weight excluding hydrogens is 367 g/mol. The molecule has 0 fully saturated rings. The Bertz CT molecular complexity index is 970. The number of rotatable bonds is 7. The molecule has 27 heavy (non-hydrogen) atoms. The summed E-state index contributed by atoms with van der Waals surface area (Å²) < 4.78 is 31.1. The van der Waals surface area contributed by atoms with Gasteiger partial charge in [0.2, 0.25) is 0 Å². The lowest BCUT2D eigenvalue weighted by Crippen LogP contribution is -2.28. The molecule has 0 saturated carbocycles. The summed E-state index contributed by atoms with van der Waals surface area (Å²) >= 11 is 0. The third-order valence-electron chi connectivity index (χ3n) is 4.53. The van der Waals surface area contributed by atoms with Gasteiger partial charge in [0.25, 0.3) is 0 Å². The maximum Gasteiger partial charge on any atom is 0.491 e. The minimum Gasteiger partial charge on any atom is -0.508 e. The fraction of sp³-hybridized carbons (Fsp3) is 0.316. The first-order valence-corrected chi connectivity index (χ1v) is 10.4. The second-order valence-electron chi connectivity index (χ2n) is 6.71. The van der Waals surface area contributed by atoms with Crippen LogP contribution >= 0.6 is 0 Å². The normalized spacial score (nSPS) is 13.6. The van der Waals surface area contributed by atoms with Crippen LogP contribution in [-0.2, 0) is 38.1 Å². The molecule has 6 nitrogen and oxygen atoms in total. The summed E-state index contributed by atoms with van der Waals surface area (Å²) in [5.41, 5.74) is 2.24. The van der Waals surface area contributed by atoms with E-state index in [1.54, 1.807) is 18.2 Å². The molecule has 0 amide bonds. The molecule has 8 heteroatoms. The van der Waals surface area contributed by atoms with Crippen molar-refractivity contribution in [3.8, 4) is 5.75 Å². The highest BCUT2D eigenvalue weighted by molar-refractivity contribution is 7.90. The molecule has 142 valence electrons. The van der Waals surface area contributed by atoms with Crippen molar-refractivity contribution >= 4 is 28.2 Å². The molecule has 1 heterocycles. The maximum atomic E-state index is 13.0. The van der Waals surface area contributed by atoms with Crippen LogP contribution in [0.5, 0.6) is 5.75 Å². The maximum absolute atomic E-state index is 13.0. The number of hydrogen-bond acceptors (Lipinski definition) is 6. The van der Waals surface area contributed by atoms with Gasteiger partial charge in [-0.25, -0.2) is 8.42 Å². The summed E-state index contributed by atoms with van der Waals surface area (Å²) in [7, 11) is -4.78. The third-order valence-corrected chi connectivity index (χ3v) is 6.31. The predicted octanol–water partition coefficient (Wildman–Crippen LogP) is 1.50. The van der Waals surface area contributed by atoms with Crippen molar-refractivity contribution in [1.82, 2.24) is 0 Å². The Balaban J connectivity index is 1.91. The van der Waals surface area contributed by atoms with Crippen LogP contribution in [0, 0.1) is 0 Å². The number of carbonyl (C=O) groups excluding carboxylic acids is 1. The van der Waals surface area contributed by atoms with Gasteiger partial charge in [-0.3, -0.25) is 4.79 Å². The minimum absolute atomic E-state index is 0.0342. The fourth-order valence-electron chi connectivity index (χ4n) is 3.24. The van der Waals surface area contributed by atoms with Crippen LogP contribution in [0.1, 0.15) is 36.5 Å². The number of carbonyl (C=O) groups is 1. The highest BCUT2D eigenvalue weighted by Gasteiger charge is 2.28. The Morgan fingerprint density at radius 2 is 2.00 bits per heavy atom. The highest BCUT2D eigenvalue weighted by Crippen LogP contribution is 2.26. The summed E-state index contributed by atoms with van der Waals surface area (Å²) in [5.74, 6) is -0.421. The molecule has 0 unspecified atom stereocenters. The smallest absolute Gasteiger partial charge is 0.491 e. The van der Waals surface area contributed by atoms with Crippen LogP contribution in [0.2, 0.25) is 0 Å². The van der Waals surface area contributed by atoms with E-state index in [-0.39, 0.29) is 28.6 Å². The average molecular weight is 388 g/mol. The molecular formula is C19H21BO6S. The summed E-state index contributed by atoms with van der Waals surface area (Å²) in [4.78, 5) is 12.1. The zero-order valence-corrected chi connectivity index (χ0v) is 15.8. The van der Waals surface area contributed by atoms with E-state index in [1.165, 1.54) is 18.2 Å². The van der Waals surface area contributed by atoms with Gasteiger partial charge >= 0.3 is 7.12 Å². The number of Topliss-reactive ketones (excluding diaryl/α,β-unsaturated/α-hetero) is 1. The first kappa shape index (κ1) is 19.6. The van der Waals surface area contributed by atoms with Gasteiger partial charge in [0.05, 0.1) is 17.3 Å². The van der Waals surface area contributed by atoms with Gasteiger partial charge < -0.3 is 14.8 Å². The largest absolute Gasteiger partial charge is 0.508 e. The van der Waals surface area contributed by atoms with Crippen molar-refractivity contribution in [3.05, 3.63) is 53.1 Å². The summed E-state index contributed by atoms with van der Waals surface area (Å²) in [6.45, 7) is 2.18. The number of hydrogen-bond donors (Lipinski definition) is 2. The lowest BCUT2D eigenvalue weighted by molar-refractivity contribution is -0.118. The van der Waals surface area contributed by atoms with Gasteiger partial charge in [0, 0.05) is 12.8 Å². The zero-order valence-electron chi connectivity index (χ0n) is 15.0. The molecule has 0 aromatic heterocycles. The fourth-order valence-corrected chi connectivity index (χ4v) is 4.82. The van der Waals surface area contributed by atoms with E-state index >= 15 is 0 Å². The van der Waals surface area contributed by atoms with Gasteiger partial charge in [-0.1, -0.05) is 25.1 Å². The number of aromatic hydroxyl groups is 1. The Morgan fingerprint density at radius 1 is 1.22 bits per heavy atom. The minimum atomic E-state index is -3.74. The van der Waals surface area contributed by atoms with Crippen LogP contribution in [0.25, 0.3) is 0 Å².